The summed E-state index contributed by atoms with van der Waals surface area (Å²) in [5.74, 6) is 0.542. The Bertz CT molecular complexity index is 594. The van der Waals surface area contributed by atoms with Crippen molar-refractivity contribution in [2.75, 3.05) is 24.3 Å². The molecule has 0 saturated heterocycles. The standard InChI is InChI=1S/C15H17N3O2/c1-18(2)14-9-12(7-8-16-14)15(20)17-13-5-3-11(10-19)4-6-13/h3-9,19H,10H2,1-2H3,(H,17,20). The lowest BCUT2D eigenvalue weighted by Gasteiger charge is -2.12. The Balaban J connectivity index is 2.12. The van der Waals surface area contributed by atoms with Crippen LogP contribution in [-0.2, 0) is 6.61 Å². The van der Waals surface area contributed by atoms with Gasteiger partial charge in [0.05, 0.1) is 6.61 Å². The van der Waals surface area contributed by atoms with E-state index in [4.69, 9.17) is 5.11 Å². The molecule has 0 radical (unpaired) electrons. The number of aromatic nitrogens is 1. The summed E-state index contributed by atoms with van der Waals surface area (Å²) in [6, 6.07) is 10.5. The van der Waals surface area contributed by atoms with Crippen molar-refractivity contribution in [1.82, 2.24) is 4.98 Å². The summed E-state index contributed by atoms with van der Waals surface area (Å²) in [5, 5.41) is 11.8. The van der Waals surface area contributed by atoms with Gasteiger partial charge in [-0.15, -0.1) is 0 Å². The van der Waals surface area contributed by atoms with E-state index in [1.165, 1.54) is 0 Å². The van der Waals surface area contributed by atoms with Crippen molar-refractivity contribution in [1.29, 1.82) is 0 Å². The third-order valence-corrected chi connectivity index (χ3v) is 2.86. The molecule has 0 saturated carbocycles. The molecule has 0 fully saturated rings. The highest BCUT2D eigenvalue weighted by atomic mass is 16.3. The van der Waals surface area contributed by atoms with Crippen LogP contribution in [0.2, 0.25) is 0 Å². The average molecular weight is 271 g/mol. The fourth-order valence-electron chi connectivity index (χ4n) is 1.70. The second-order valence-electron chi connectivity index (χ2n) is 4.61. The van der Waals surface area contributed by atoms with Crippen molar-refractivity contribution in [2.45, 2.75) is 6.61 Å². The SMILES string of the molecule is CN(C)c1cc(C(=O)Nc2ccc(CO)cc2)ccn1. The van der Waals surface area contributed by atoms with Gasteiger partial charge in [0.2, 0.25) is 0 Å². The largest absolute Gasteiger partial charge is 0.392 e. The monoisotopic (exact) mass is 271 g/mol. The van der Waals surface area contributed by atoms with Crippen molar-refractivity contribution >= 4 is 17.4 Å². The molecule has 0 atom stereocenters. The van der Waals surface area contributed by atoms with Gasteiger partial charge in [-0.05, 0) is 29.8 Å². The number of anilines is 2. The highest BCUT2D eigenvalue weighted by Crippen LogP contribution is 2.14. The molecule has 5 nitrogen and oxygen atoms in total. The second-order valence-corrected chi connectivity index (χ2v) is 4.61. The van der Waals surface area contributed by atoms with Gasteiger partial charge in [-0.2, -0.15) is 0 Å². The van der Waals surface area contributed by atoms with Gasteiger partial charge in [-0.25, -0.2) is 4.98 Å². The van der Waals surface area contributed by atoms with E-state index in [1.807, 2.05) is 19.0 Å². The summed E-state index contributed by atoms with van der Waals surface area (Å²) < 4.78 is 0. The van der Waals surface area contributed by atoms with Gasteiger partial charge in [0.15, 0.2) is 0 Å². The Labute approximate surface area is 117 Å². The van der Waals surface area contributed by atoms with E-state index in [2.05, 4.69) is 10.3 Å². The number of carbonyl (C=O) groups excluding carboxylic acids is 1. The normalized spacial score (nSPS) is 10.2. The number of nitrogens with zero attached hydrogens (tertiary/aromatic N) is 2. The molecule has 104 valence electrons. The quantitative estimate of drug-likeness (QED) is 0.891. The maximum absolute atomic E-state index is 12.1. The molecule has 2 rings (SSSR count). The van der Waals surface area contributed by atoms with Crippen LogP contribution in [0.3, 0.4) is 0 Å². The maximum Gasteiger partial charge on any atom is 0.255 e. The van der Waals surface area contributed by atoms with E-state index in [1.54, 1.807) is 42.6 Å². The molecule has 1 amide bonds. The summed E-state index contributed by atoms with van der Waals surface area (Å²) in [7, 11) is 3.75. The van der Waals surface area contributed by atoms with Crippen LogP contribution in [0.25, 0.3) is 0 Å². The fourth-order valence-corrected chi connectivity index (χ4v) is 1.70. The first-order valence-corrected chi connectivity index (χ1v) is 6.24. The van der Waals surface area contributed by atoms with Gasteiger partial charge >= 0.3 is 0 Å². The highest BCUT2D eigenvalue weighted by molar-refractivity contribution is 6.04. The van der Waals surface area contributed by atoms with Crippen LogP contribution in [0, 0.1) is 0 Å². The molecule has 0 bridgehead atoms. The third kappa shape index (κ3) is 3.33. The Kier molecular flexibility index (Phi) is 4.32. The number of carbonyl (C=O) groups is 1. The fraction of sp³-hybridized carbons (Fsp3) is 0.200. The topological polar surface area (TPSA) is 65.5 Å². The number of nitrogens with one attached hydrogen (secondary N) is 1. The molecule has 0 aliphatic heterocycles. The minimum Gasteiger partial charge on any atom is -0.392 e. The van der Waals surface area contributed by atoms with E-state index in [0.29, 0.717) is 11.3 Å². The summed E-state index contributed by atoms with van der Waals surface area (Å²) in [5.41, 5.74) is 2.05. The molecular formula is C15H17N3O2. The first-order chi connectivity index (χ1) is 9.60. The molecular weight excluding hydrogens is 254 g/mol. The first kappa shape index (κ1) is 14.0. The van der Waals surface area contributed by atoms with Crippen LogP contribution in [0.5, 0.6) is 0 Å². The van der Waals surface area contributed by atoms with Gasteiger partial charge in [0, 0.05) is 31.5 Å². The number of benzene rings is 1. The van der Waals surface area contributed by atoms with E-state index in [0.717, 1.165) is 11.4 Å². The lowest BCUT2D eigenvalue weighted by atomic mass is 10.2. The Morgan fingerprint density at radius 1 is 1.25 bits per heavy atom. The Hall–Kier alpha value is -2.40. The third-order valence-electron chi connectivity index (χ3n) is 2.86. The maximum atomic E-state index is 12.1. The molecule has 0 spiro atoms. The van der Waals surface area contributed by atoms with Gasteiger partial charge in [0.1, 0.15) is 5.82 Å². The highest BCUT2D eigenvalue weighted by Gasteiger charge is 2.08. The van der Waals surface area contributed by atoms with E-state index < -0.39 is 0 Å². The molecule has 0 aliphatic carbocycles. The number of rotatable bonds is 4. The van der Waals surface area contributed by atoms with Crippen LogP contribution in [0.15, 0.2) is 42.6 Å². The number of amides is 1. The summed E-state index contributed by atoms with van der Waals surface area (Å²) in [6.45, 7) is -0.00915. The van der Waals surface area contributed by atoms with Crippen LogP contribution in [0.4, 0.5) is 11.5 Å². The van der Waals surface area contributed by atoms with Crippen molar-refractivity contribution < 1.29 is 9.90 Å². The number of pyridine rings is 1. The molecule has 20 heavy (non-hydrogen) atoms. The van der Waals surface area contributed by atoms with Gasteiger partial charge in [-0.1, -0.05) is 12.1 Å². The molecule has 1 aromatic heterocycles. The number of hydrogen-bond acceptors (Lipinski definition) is 4. The van der Waals surface area contributed by atoms with Crippen molar-refractivity contribution in [2.24, 2.45) is 0 Å². The second kappa shape index (κ2) is 6.16. The molecule has 2 N–H and O–H groups in total. The molecule has 1 aromatic carbocycles. The lowest BCUT2D eigenvalue weighted by Crippen LogP contribution is -2.15. The summed E-state index contributed by atoms with van der Waals surface area (Å²) in [4.78, 5) is 18.1. The number of aliphatic hydroxyl groups is 1. The smallest absolute Gasteiger partial charge is 0.255 e. The van der Waals surface area contributed by atoms with Gasteiger partial charge in [0.25, 0.3) is 5.91 Å². The first-order valence-electron chi connectivity index (χ1n) is 6.24. The molecule has 5 heteroatoms. The average Bonchev–Trinajstić information content (AvgIpc) is 2.48. The van der Waals surface area contributed by atoms with Crippen LogP contribution in [0.1, 0.15) is 15.9 Å². The molecule has 0 aliphatic rings. The Morgan fingerprint density at radius 3 is 2.55 bits per heavy atom. The van der Waals surface area contributed by atoms with Crippen LogP contribution < -0.4 is 10.2 Å². The predicted molar refractivity (Wildman–Crippen MR) is 78.9 cm³/mol. The van der Waals surface area contributed by atoms with Crippen LogP contribution >= 0.6 is 0 Å². The molecule has 1 heterocycles. The summed E-state index contributed by atoms with van der Waals surface area (Å²) >= 11 is 0. The van der Waals surface area contributed by atoms with Crippen molar-refractivity contribution in [3.8, 4) is 0 Å². The minimum atomic E-state index is -0.188. The van der Waals surface area contributed by atoms with Crippen molar-refractivity contribution in [3.63, 3.8) is 0 Å². The Morgan fingerprint density at radius 2 is 1.95 bits per heavy atom. The lowest BCUT2D eigenvalue weighted by molar-refractivity contribution is 0.102. The van der Waals surface area contributed by atoms with E-state index in [-0.39, 0.29) is 12.5 Å². The predicted octanol–water partition coefficient (Wildman–Crippen LogP) is 1.89. The van der Waals surface area contributed by atoms with E-state index >= 15 is 0 Å². The van der Waals surface area contributed by atoms with E-state index in [9.17, 15) is 4.79 Å². The zero-order chi connectivity index (χ0) is 14.5. The van der Waals surface area contributed by atoms with Gasteiger partial charge in [-0.3, -0.25) is 4.79 Å². The van der Waals surface area contributed by atoms with Gasteiger partial charge < -0.3 is 15.3 Å². The molecule has 2 aromatic rings. The van der Waals surface area contributed by atoms with Crippen LogP contribution in [-0.4, -0.2) is 30.1 Å². The zero-order valence-electron chi connectivity index (χ0n) is 11.5. The molecule has 0 unspecified atom stereocenters. The number of hydrogen-bond donors (Lipinski definition) is 2. The van der Waals surface area contributed by atoms with Crippen molar-refractivity contribution in [3.05, 3.63) is 53.7 Å². The number of aliphatic hydroxyl groups excluding tert-OH is 1. The summed E-state index contributed by atoms with van der Waals surface area (Å²) in [6.07, 6.45) is 1.61. The minimum absolute atomic E-state index is 0.00915. The zero-order valence-corrected chi connectivity index (χ0v) is 11.5.